The second-order valence-corrected chi connectivity index (χ2v) is 8.15. The van der Waals surface area contributed by atoms with Gasteiger partial charge in [0.15, 0.2) is 0 Å². The van der Waals surface area contributed by atoms with E-state index >= 15 is 0 Å². The highest BCUT2D eigenvalue weighted by atomic mass is 79.9. The predicted octanol–water partition coefficient (Wildman–Crippen LogP) is 5.20. The molecule has 0 aliphatic heterocycles. The maximum absolute atomic E-state index is 12.8. The van der Waals surface area contributed by atoms with Gasteiger partial charge in [-0.15, -0.1) is 11.3 Å². The largest absolute Gasteiger partial charge is 0.464 e. The predicted molar refractivity (Wildman–Crippen MR) is 112 cm³/mol. The molecule has 0 aliphatic rings. The molecule has 0 amide bonds. The van der Waals surface area contributed by atoms with Crippen LogP contribution in [-0.4, -0.2) is 21.9 Å². The van der Waals surface area contributed by atoms with Crippen molar-refractivity contribution in [2.45, 2.75) is 19.5 Å². The summed E-state index contributed by atoms with van der Waals surface area (Å²) in [6, 6.07) is 11.8. The molecule has 0 spiro atoms. The van der Waals surface area contributed by atoms with Gasteiger partial charge in [0, 0.05) is 22.0 Å². The Hall–Kier alpha value is -2.22. The number of nitrogens with one attached hydrogen (secondary N) is 1. The number of benzene rings is 1. The fraction of sp³-hybridized carbons (Fsp3) is 0.200. The smallest absolute Gasteiger partial charge is 0.260 e. The average molecular weight is 444 g/mol. The lowest BCUT2D eigenvalue weighted by Crippen LogP contribution is -2.26. The van der Waals surface area contributed by atoms with Gasteiger partial charge in [-0.2, -0.15) is 0 Å². The third kappa shape index (κ3) is 3.50. The Bertz CT molecular complexity index is 1130. The van der Waals surface area contributed by atoms with Crippen LogP contribution in [0.15, 0.2) is 61.7 Å². The summed E-state index contributed by atoms with van der Waals surface area (Å²) in [5, 5.41) is 2.50. The summed E-state index contributed by atoms with van der Waals surface area (Å²) >= 11 is 5.05. The van der Waals surface area contributed by atoms with Crippen LogP contribution in [0, 0.1) is 0 Å². The molecule has 7 heteroatoms. The van der Waals surface area contributed by atoms with Gasteiger partial charge in [-0.25, -0.2) is 4.98 Å². The lowest BCUT2D eigenvalue weighted by atomic mass is 10.1. The molecule has 0 fully saturated rings. The van der Waals surface area contributed by atoms with E-state index in [0.29, 0.717) is 17.0 Å². The van der Waals surface area contributed by atoms with E-state index in [2.05, 4.69) is 31.9 Å². The van der Waals surface area contributed by atoms with Gasteiger partial charge in [-0.3, -0.25) is 9.69 Å². The van der Waals surface area contributed by atoms with Crippen LogP contribution in [0.3, 0.4) is 0 Å². The minimum absolute atomic E-state index is 0.0385. The number of rotatable bonds is 5. The Morgan fingerprint density at radius 3 is 2.85 bits per heavy atom. The number of H-pyrrole nitrogens is 1. The number of hydrogen-bond donors (Lipinski definition) is 1. The number of aromatic nitrogens is 2. The summed E-state index contributed by atoms with van der Waals surface area (Å²) in [5.41, 5.74) is 1.84. The first-order valence-corrected chi connectivity index (χ1v) is 10.2. The second-order valence-electron chi connectivity index (χ2n) is 6.44. The number of thiophene rings is 1. The first-order valence-electron chi connectivity index (χ1n) is 8.53. The lowest BCUT2D eigenvalue weighted by Gasteiger charge is -2.24. The Kier molecular flexibility index (Phi) is 4.99. The van der Waals surface area contributed by atoms with Crippen LogP contribution < -0.4 is 5.56 Å². The van der Waals surface area contributed by atoms with Gasteiger partial charge in [-0.1, -0.05) is 34.1 Å². The van der Waals surface area contributed by atoms with Crippen molar-refractivity contribution in [3.63, 3.8) is 0 Å². The SMILES string of the molecule is C[C@@H](c1nc2scc(-c3ccco3)c2c(=O)[nH]1)N(C)Cc1ccccc1Br. The molecule has 0 radical (unpaired) electrons. The van der Waals surface area contributed by atoms with E-state index in [4.69, 9.17) is 9.40 Å². The summed E-state index contributed by atoms with van der Waals surface area (Å²) in [5.74, 6) is 1.34. The molecule has 1 N–H and O–H groups in total. The molecule has 3 heterocycles. The van der Waals surface area contributed by atoms with Crippen LogP contribution in [-0.2, 0) is 6.54 Å². The zero-order valence-electron chi connectivity index (χ0n) is 14.9. The highest BCUT2D eigenvalue weighted by molar-refractivity contribution is 9.10. The molecule has 3 aromatic heterocycles. The molecular weight excluding hydrogens is 426 g/mol. The standard InChI is InChI=1S/C20H18BrN3O2S/c1-12(24(2)10-13-6-3-4-7-15(13)21)18-22-19(25)17-14(11-27-20(17)23-18)16-8-5-9-26-16/h3-9,11-12H,10H2,1-2H3,(H,22,23,25)/t12-/m0/s1. The van der Waals surface area contributed by atoms with E-state index in [1.807, 2.05) is 49.7 Å². The molecule has 4 rings (SSSR count). The number of halogens is 1. The van der Waals surface area contributed by atoms with Crippen LogP contribution in [0.1, 0.15) is 24.4 Å². The van der Waals surface area contributed by atoms with Crippen LogP contribution in [0.2, 0.25) is 0 Å². The second kappa shape index (κ2) is 7.42. The van der Waals surface area contributed by atoms with Crippen LogP contribution in [0.4, 0.5) is 0 Å². The molecule has 0 saturated carbocycles. The minimum Gasteiger partial charge on any atom is -0.464 e. The van der Waals surface area contributed by atoms with Crippen LogP contribution >= 0.6 is 27.3 Å². The Morgan fingerprint density at radius 2 is 2.11 bits per heavy atom. The van der Waals surface area contributed by atoms with Crippen molar-refractivity contribution in [2.75, 3.05) is 7.05 Å². The molecule has 1 atom stereocenters. The first-order chi connectivity index (χ1) is 13.0. The van der Waals surface area contributed by atoms with Crippen LogP contribution in [0.5, 0.6) is 0 Å². The quantitative estimate of drug-likeness (QED) is 0.460. The highest BCUT2D eigenvalue weighted by Gasteiger charge is 2.19. The van der Waals surface area contributed by atoms with Gasteiger partial charge >= 0.3 is 0 Å². The maximum atomic E-state index is 12.8. The zero-order chi connectivity index (χ0) is 19.0. The summed E-state index contributed by atoms with van der Waals surface area (Å²) in [6.45, 7) is 2.79. The number of fused-ring (bicyclic) bond motifs is 1. The molecule has 5 nitrogen and oxygen atoms in total. The number of nitrogens with zero attached hydrogens (tertiary/aromatic N) is 2. The summed E-state index contributed by atoms with van der Waals surface area (Å²) < 4.78 is 6.52. The van der Waals surface area contributed by atoms with Gasteiger partial charge in [0.05, 0.1) is 17.7 Å². The maximum Gasteiger partial charge on any atom is 0.260 e. The van der Waals surface area contributed by atoms with Crippen molar-refractivity contribution in [1.29, 1.82) is 0 Å². The number of furan rings is 1. The van der Waals surface area contributed by atoms with Crippen molar-refractivity contribution in [3.8, 4) is 11.3 Å². The van der Waals surface area contributed by atoms with Gasteiger partial charge in [0.2, 0.25) is 0 Å². The van der Waals surface area contributed by atoms with Crippen molar-refractivity contribution in [2.24, 2.45) is 0 Å². The van der Waals surface area contributed by atoms with Gasteiger partial charge in [0.25, 0.3) is 5.56 Å². The monoisotopic (exact) mass is 443 g/mol. The highest BCUT2D eigenvalue weighted by Crippen LogP contribution is 2.31. The molecule has 0 unspecified atom stereocenters. The van der Waals surface area contributed by atoms with Crippen molar-refractivity contribution >= 4 is 37.5 Å². The normalized spacial score (nSPS) is 12.7. The molecular formula is C20H18BrN3O2S. The fourth-order valence-electron chi connectivity index (χ4n) is 3.02. The molecule has 0 saturated heterocycles. The molecule has 138 valence electrons. The van der Waals surface area contributed by atoms with E-state index in [1.54, 1.807) is 6.26 Å². The molecule has 27 heavy (non-hydrogen) atoms. The molecule has 0 aliphatic carbocycles. The van der Waals surface area contributed by atoms with E-state index in [-0.39, 0.29) is 11.6 Å². The van der Waals surface area contributed by atoms with Crippen LogP contribution in [0.25, 0.3) is 21.5 Å². The Morgan fingerprint density at radius 1 is 1.30 bits per heavy atom. The van der Waals surface area contributed by atoms with Crippen molar-refractivity contribution in [1.82, 2.24) is 14.9 Å². The number of aromatic amines is 1. The lowest BCUT2D eigenvalue weighted by molar-refractivity contribution is 0.243. The summed E-state index contributed by atoms with van der Waals surface area (Å²) in [6.07, 6.45) is 1.60. The van der Waals surface area contributed by atoms with Crippen molar-refractivity contribution < 1.29 is 4.42 Å². The Balaban J connectivity index is 1.66. The van der Waals surface area contributed by atoms with Gasteiger partial charge in [-0.05, 0) is 37.7 Å². The van der Waals surface area contributed by atoms with E-state index in [9.17, 15) is 4.79 Å². The number of hydrogen-bond acceptors (Lipinski definition) is 5. The minimum atomic E-state index is -0.135. The molecule has 0 bridgehead atoms. The zero-order valence-corrected chi connectivity index (χ0v) is 17.3. The topological polar surface area (TPSA) is 62.1 Å². The van der Waals surface area contributed by atoms with Gasteiger partial charge < -0.3 is 9.40 Å². The van der Waals surface area contributed by atoms with E-state index in [0.717, 1.165) is 21.4 Å². The first kappa shape index (κ1) is 18.2. The molecule has 4 aromatic rings. The Labute approximate surface area is 168 Å². The molecule has 1 aromatic carbocycles. The summed E-state index contributed by atoms with van der Waals surface area (Å²) in [7, 11) is 2.02. The third-order valence-electron chi connectivity index (χ3n) is 4.68. The summed E-state index contributed by atoms with van der Waals surface area (Å²) in [4.78, 5) is 23.3. The van der Waals surface area contributed by atoms with Crippen molar-refractivity contribution in [3.05, 3.63) is 74.3 Å². The van der Waals surface area contributed by atoms with E-state index < -0.39 is 0 Å². The average Bonchev–Trinajstić information content (AvgIpc) is 3.32. The van der Waals surface area contributed by atoms with E-state index in [1.165, 1.54) is 16.9 Å². The fourth-order valence-corrected chi connectivity index (χ4v) is 4.36. The van der Waals surface area contributed by atoms with Gasteiger partial charge in [0.1, 0.15) is 16.4 Å². The third-order valence-corrected chi connectivity index (χ3v) is 6.33.